The smallest absolute Gasteiger partial charge is 0.191 e. The number of hydrogen-bond acceptors (Lipinski definition) is 3. The summed E-state index contributed by atoms with van der Waals surface area (Å²) in [6.45, 7) is 9.51. The molecule has 0 aliphatic heterocycles. The Kier molecular flexibility index (Phi) is 4.93. The molecule has 0 fully saturated rings. The van der Waals surface area contributed by atoms with Crippen molar-refractivity contribution in [3.63, 3.8) is 0 Å². The number of guanidine groups is 1. The Hall–Kier alpha value is -1.59. The van der Waals surface area contributed by atoms with Crippen LogP contribution in [0.15, 0.2) is 4.99 Å². The van der Waals surface area contributed by atoms with E-state index in [1.165, 1.54) is 0 Å². The molecule has 17 heavy (non-hydrogen) atoms. The van der Waals surface area contributed by atoms with E-state index < -0.39 is 0 Å². The van der Waals surface area contributed by atoms with Crippen LogP contribution in [0.3, 0.4) is 0 Å². The molecule has 0 aliphatic carbocycles. The van der Waals surface area contributed by atoms with Gasteiger partial charge in [0, 0.05) is 19.6 Å². The van der Waals surface area contributed by atoms with Gasteiger partial charge in [0.15, 0.2) is 11.8 Å². The Morgan fingerprint density at radius 3 is 2.59 bits per heavy atom. The Bertz CT molecular complexity index is 379. The number of hydrogen-bond donors (Lipinski definition) is 2. The van der Waals surface area contributed by atoms with E-state index in [-0.39, 0.29) is 0 Å². The van der Waals surface area contributed by atoms with Gasteiger partial charge < -0.3 is 15.2 Å². The van der Waals surface area contributed by atoms with Crippen molar-refractivity contribution in [2.45, 2.75) is 40.3 Å². The molecule has 2 N–H and O–H groups in total. The zero-order valence-electron chi connectivity index (χ0n) is 11.3. The second-order valence-electron chi connectivity index (χ2n) is 4.22. The molecule has 0 unspecified atom stereocenters. The third-order valence-corrected chi connectivity index (χ3v) is 2.33. The number of aryl methyl sites for hydroxylation is 1. The van der Waals surface area contributed by atoms with E-state index in [4.69, 9.17) is 0 Å². The van der Waals surface area contributed by atoms with Crippen LogP contribution in [0.1, 0.15) is 32.4 Å². The van der Waals surface area contributed by atoms with Crippen molar-refractivity contribution < 1.29 is 0 Å². The molecule has 0 spiro atoms. The molecule has 6 nitrogen and oxygen atoms in total. The highest BCUT2D eigenvalue weighted by Crippen LogP contribution is 1.98. The van der Waals surface area contributed by atoms with Crippen molar-refractivity contribution in [3.05, 3.63) is 11.6 Å². The summed E-state index contributed by atoms with van der Waals surface area (Å²) in [7, 11) is 1.95. The Labute approximate surface area is 103 Å². The molecule has 0 amide bonds. The van der Waals surface area contributed by atoms with Crippen molar-refractivity contribution >= 4 is 5.96 Å². The van der Waals surface area contributed by atoms with Gasteiger partial charge in [-0.2, -0.15) is 0 Å². The van der Waals surface area contributed by atoms with E-state index in [0.29, 0.717) is 12.6 Å². The first kappa shape index (κ1) is 13.5. The molecule has 0 radical (unpaired) electrons. The molecule has 0 aromatic carbocycles. The zero-order chi connectivity index (χ0) is 12.8. The van der Waals surface area contributed by atoms with Crippen LogP contribution in [0.5, 0.6) is 0 Å². The third-order valence-electron chi connectivity index (χ3n) is 2.33. The fourth-order valence-corrected chi connectivity index (χ4v) is 1.33. The number of aliphatic imine (C=N–C) groups is 1. The van der Waals surface area contributed by atoms with Crippen LogP contribution < -0.4 is 10.6 Å². The van der Waals surface area contributed by atoms with Gasteiger partial charge in [0.1, 0.15) is 12.4 Å². The van der Waals surface area contributed by atoms with Crippen LogP contribution in [0, 0.1) is 6.92 Å². The molecule has 1 aromatic heterocycles. The average molecular weight is 238 g/mol. The topological polar surface area (TPSA) is 67.1 Å². The van der Waals surface area contributed by atoms with Gasteiger partial charge in [-0.25, -0.2) is 4.99 Å². The van der Waals surface area contributed by atoms with Crippen LogP contribution >= 0.6 is 0 Å². The lowest BCUT2D eigenvalue weighted by Gasteiger charge is -2.13. The normalized spacial score (nSPS) is 12.0. The van der Waals surface area contributed by atoms with Crippen molar-refractivity contribution in [2.75, 3.05) is 6.54 Å². The number of nitrogens with one attached hydrogen (secondary N) is 2. The lowest BCUT2D eigenvalue weighted by Crippen LogP contribution is -2.41. The molecule has 96 valence electrons. The number of rotatable bonds is 4. The van der Waals surface area contributed by atoms with Gasteiger partial charge in [0.2, 0.25) is 0 Å². The summed E-state index contributed by atoms with van der Waals surface area (Å²) in [4.78, 5) is 4.47. The second-order valence-corrected chi connectivity index (χ2v) is 4.22. The molecular formula is C11H22N6. The average Bonchev–Trinajstić information content (AvgIpc) is 2.56. The first-order valence-corrected chi connectivity index (χ1v) is 5.94. The maximum atomic E-state index is 4.47. The lowest BCUT2D eigenvalue weighted by molar-refractivity contribution is 0.694. The van der Waals surface area contributed by atoms with E-state index in [1.807, 2.05) is 25.5 Å². The molecule has 0 bridgehead atoms. The molecule has 6 heteroatoms. The van der Waals surface area contributed by atoms with Gasteiger partial charge in [-0.3, -0.25) is 0 Å². The minimum Gasteiger partial charge on any atom is -0.357 e. The minimum atomic E-state index is 0.356. The predicted molar refractivity (Wildman–Crippen MR) is 68.8 cm³/mol. The van der Waals surface area contributed by atoms with Crippen LogP contribution in [0.25, 0.3) is 0 Å². The van der Waals surface area contributed by atoms with Crippen molar-refractivity contribution in [3.8, 4) is 0 Å². The molecule has 0 saturated heterocycles. The zero-order valence-corrected chi connectivity index (χ0v) is 11.3. The van der Waals surface area contributed by atoms with E-state index in [2.05, 4.69) is 39.7 Å². The summed E-state index contributed by atoms with van der Waals surface area (Å²) in [5, 5.41) is 14.5. The monoisotopic (exact) mass is 238 g/mol. The maximum Gasteiger partial charge on any atom is 0.191 e. The number of aromatic nitrogens is 3. The van der Waals surface area contributed by atoms with E-state index in [0.717, 1.165) is 24.2 Å². The van der Waals surface area contributed by atoms with Crippen LogP contribution in [0.4, 0.5) is 0 Å². The minimum absolute atomic E-state index is 0.356. The lowest BCUT2D eigenvalue weighted by atomic mass is 10.4. The predicted octanol–water partition coefficient (Wildman–Crippen LogP) is 0.587. The molecule has 1 rings (SSSR count). The van der Waals surface area contributed by atoms with Crippen LogP contribution in [0.2, 0.25) is 0 Å². The molecule has 0 atom stereocenters. The number of nitrogens with zero attached hydrogens (tertiary/aromatic N) is 4. The fourth-order valence-electron chi connectivity index (χ4n) is 1.33. The highest BCUT2D eigenvalue weighted by Gasteiger charge is 2.05. The van der Waals surface area contributed by atoms with Gasteiger partial charge in [0.05, 0.1) is 0 Å². The Balaban J connectivity index is 2.68. The molecule has 0 aliphatic rings. The van der Waals surface area contributed by atoms with E-state index in [9.17, 15) is 0 Å². The molecule has 1 aromatic rings. The van der Waals surface area contributed by atoms with Gasteiger partial charge in [-0.1, -0.05) is 0 Å². The van der Waals surface area contributed by atoms with Gasteiger partial charge in [0.25, 0.3) is 0 Å². The summed E-state index contributed by atoms with van der Waals surface area (Å²) in [5.74, 6) is 2.57. The summed E-state index contributed by atoms with van der Waals surface area (Å²) in [6, 6.07) is 0.356. The van der Waals surface area contributed by atoms with Gasteiger partial charge >= 0.3 is 0 Å². The standard InChI is InChI=1S/C11H22N6/c1-6-12-11(14-8(2)3)13-7-10-16-15-9(4)17(10)5/h8H,6-7H2,1-5H3,(H2,12,13,14). The van der Waals surface area contributed by atoms with Gasteiger partial charge in [-0.15, -0.1) is 10.2 Å². The second kappa shape index (κ2) is 6.22. The Morgan fingerprint density at radius 1 is 1.41 bits per heavy atom. The van der Waals surface area contributed by atoms with Gasteiger partial charge in [-0.05, 0) is 27.7 Å². The summed E-state index contributed by atoms with van der Waals surface area (Å²) in [5.41, 5.74) is 0. The molecule has 0 saturated carbocycles. The quantitative estimate of drug-likeness (QED) is 0.595. The fraction of sp³-hybridized carbons (Fsp3) is 0.727. The highest BCUT2D eigenvalue weighted by molar-refractivity contribution is 5.79. The summed E-state index contributed by atoms with van der Waals surface area (Å²) in [6.07, 6.45) is 0. The highest BCUT2D eigenvalue weighted by atomic mass is 15.3. The maximum absolute atomic E-state index is 4.47. The Morgan fingerprint density at radius 2 is 2.12 bits per heavy atom. The molecule has 1 heterocycles. The summed E-state index contributed by atoms with van der Waals surface area (Å²) >= 11 is 0. The van der Waals surface area contributed by atoms with Crippen LogP contribution in [-0.4, -0.2) is 33.3 Å². The van der Waals surface area contributed by atoms with Crippen molar-refractivity contribution in [1.82, 2.24) is 25.4 Å². The van der Waals surface area contributed by atoms with E-state index in [1.54, 1.807) is 0 Å². The van der Waals surface area contributed by atoms with Crippen LogP contribution in [-0.2, 0) is 13.6 Å². The van der Waals surface area contributed by atoms with Crippen molar-refractivity contribution in [2.24, 2.45) is 12.0 Å². The largest absolute Gasteiger partial charge is 0.357 e. The first-order chi connectivity index (χ1) is 8.04. The summed E-state index contributed by atoms with van der Waals surface area (Å²) < 4.78 is 1.95. The SMILES string of the molecule is CCNC(=NCc1nnc(C)n1C)NC(C)C. The third kappa shape index (κ3) is 4.05. The van der Waals surface area contributed by atoms with Crippen molar-refractivity contribution in [1.29, 1.82) is 0 Å². The molecular weight excluding hydrogens is 216 g/mol. The first-order valence-electron chi connectivity index (χ1n) is 5.94. The van der Waals surface area contributed by atoms with E-state index >= 15 is 0 Å².